The molecule has 0 rings (SSSR count). The smallest absolute Gasteiger partial charge is 0.162 e. The van der Waals surface area contributed by atoms with E-state index in [-0.39, 0.29) is 0 Å². The van der Waals surface area contributed by atoms with Gasteiger partial charge in [0.1, 0.15) is 0 Å². The molecule has 7 heteroatoms. The van der Waals surface area contributed by atoms with Crippen molar-refractivity contribution in [2.45, 2.75) is 46.1 Å². The first-order chi connectivity index (χ1) is 7.71. The van der Waals surface area contributed by atoms with Gasteiger partial charge in [0.2, 0.25) is 0 Å². The number of rotatable bonds is 8. The predicted molar refractivity (Wildman–Crippen MR) is 85.6 cm³/mol. The molecule has 0 aliphatic heterocycles. The first kappa shape index (κ1) is 19.1. The average molecular weight is 381 g/mol. The normalized spacial score (nSPS) is 13.1. The predicted octanol–water partition coefficient (Wildman–Crippen LogP) is 6.80. The standard InChI is InChI=1S/C10H16Cl6S/c11-9(12,13)5-1-3-7-17-8-4-2-6-10(14,15)16/h1-8H2. The highest BCUT2D eigenvalue weighted by Crippen LogP contribution is 2.33. The van der Waals surface area contributed by atoms with Gasteiger partial charge in [0.15, 0.2) is 7.59 Å². The molecule has 0 spiro atoms. The second-order valence-electron chi connectivity index (χ2n) is 3.76. The number of hydrogen-bond acceptors (Lipinski definition) is 1. The third-order valence-corrected chi connectivity index (χ3v) is 4.29. The van der Waals surface area contributed by atoms with Crippen LogP contribution in [0.5, 0.6) is 0 Å². The topological polar surface area (TPSA) is 0 Å². The highest BCUT2D eigenvalue weighted by molar-refractivity contribution is 7.99. The summed E-state index contributed by atoms with van der Waals surface area (Å²) in [6, 6.07) is 0. The van der Waals surface area contributed by atoms with Crippen LogP contribution < -0.4 is 0 Å². The van der Waals surface area contributed by atoms with Gasteiger partial charge in [-0.05, 0) is 50.0 Å². The van der Waals surface area contributed by atoms with Crippen molar-refractivity contribution in [1.29, 1.82) is 0 Å². The van der Waals surface area contributed by atoms with Crippen molar-refractivity contribution in [3.63, 3.8) is 0 Å². The lowest BCUT2D eigenvalue weighted by molar-refractivity contribution is 0.731. The second kappa shape index (κ2) is 9.91. The minimum absolute atomic E-state index is 0.617. The minimum Gasteiger partial charge on any atom is -0.162 e. The Hall–Kier alpha value is 2.09. The van der Waals surface area contributed by atoms with E-state index in [1.54, 1.807) is 0 Å². The Bertz CT molecular complexity index is 166. The molecular formula is C10H16Cl6S. The molecule has 0 amide bonds. The Labute approximate surface area is 138 Å². The molecule has 0 N–H and O–H groups in total. The van der Waals surface area contributed by atoms with Gasteiger partial charge in [0.25, 0.3) is 0 Å². The van der Waals surface area contributed by atoms with Crippen LogP contribution in [0.25, 0.3) is 0 Å². The molecular weight excluding hydrogens is 365 g/mol. The van der Waals surface area contributed by atoms with Crippen molar-refractivity contribution in [3.05, 3.63) is 0 Å². The van der Waals surface area contributed by atoms with Crippen LogP contribution in [-0.4, -0.2) is 19.1 Å². The van der Waals surface area contributed by atoms with Crippen molar-refractivity contribution in [2.75, 3.05) is 11.5 Å². The highest BCUT2D eigenvalue weighted by Gasteiger charge is 2.18. The molecule has 0 heterocycles. The molecule has 104 valence electrons. The maximum absolute atomic E-state index is 5.64. The van der Waals surface area contributed by atoms with Crippen LogP contribution in [0, 0.1) is 0 Å². The number of alkyl halides is 6. The molecule has 0 aliphatic rings. The van der Waals surface area contributed by atoms with E-state index in [0.29, 0.717) is 12.8 Å². The fourth-order valence-electron chi connectivity index (χ4n) is 1.16. The number of unbranched alkanes of at least 4 members (excludes halogenated alkanes) is 2. The third-order valence-electron chi connectivity index (χ3n) is 2.00. The fourth-order valence-corrected chi connectivity index (χ4v) is 2.98. The molecule has 0 nitrogen and oxygen atoms in total. The largest absolute Gasteiger partial charge is 0.190 e. The second-order valence-corrected chi connectivity index (χ2v) is 10.0. The van der Waals surface area contributed by atoms with Crippen LogP contribution >= 0.6 is 81.4 Å². The molecule has 0 unspecified atom stereocenters. The molecule has 0 aromatic rings. The Morgan fingerprint density at radius 2 is 0.941 bits per heavy atom. The lowest BCUT2D eigenvalue weighted by Crippen LogP contribution is -2.02. The summed E-state index contributed by atoms with van der Waals surface area (Å²) in [5, 5.41) is 0. The first-order valence-electron chi connectivity index (χ1n) is 5.42. The number of hydrogen-bond donors (Lipinski definition) is 0. The zero-order chi connectivity index (χ0) is 13.4. The molecule has 0 fully saturated rings. The summed E-state index contributed by atoms with van der Waals surface area (Å²) in [7, 11) is 0. The van der Waals surface area contributed by atoms with Crippen LogP contribution in [0.1, 0.15) is 38.5 Å². The monoisotopic (exact) mass is 378 g/mol. The molecule has 0 atom stereocenters. The molecule has 17 heavy (non-hydrogen) atoms. The summed E-state index contributed by atoms with van der Waals surface area (Å²) in [5.74, 6) is 2.18. The van der Waals surface area contributed by atoms with Crippen molar-refractivity contribution < 1.29 is 0 Å². The Kier molecular flexibility index (Phi) is 11.1. The Morgan fingerprint density at radius 3 is 1.24 bits per heavy atom. The van der Waals surface area contributed by atoms with Crippen molar-refractivity contribution in [3.8, 4) is 0 Å². The van der Waals surface area contributed by atoms with E-state index in [1.807, 2.05) is 11.8 Å². The average Bonchev–Trinajstić information content (AvgIpc) is 2.11. The summed E-state index contributed by atoms with van der Waals surface area (Å²) in [5.41, 5.74) is 0. The van der Waals surface area contributed by atoms with Gasteiger partial charge in [-0.3, -0.25) is 0 Å². The van der Waals surface area contributed by atoms with Gasteiger partial charge in [0.05, 0.1) is 0 Å². The molecule has 0 aliphatic carbocycles. The lowest BCUT2D eigenvalue weighted by Gasteiger charge is -2.10. The molecule has 0 bridgehead atoms. The maximum atomic E-state index is 5.64. The van der Waals surface area contributed by atoms with Gasteiger partial charge in [-0.15, -0.1) is 0 Å². The molecule has 0 saturated heterocycles. The summed E-state index contributed by atoms with van der Waals surface area (Å²) in [4.78, 5) is 0. The first-order valence-corrected chi connectivity index (χ1v) is 8.84. The summed E-state index contributed by atoms with van der Waals surface area (Å²) in [6.45, 7) is 0. The van der Waals surface area contributed by atoms with Gasteiger partial charge in [0, 0.05) is 0 Å². The van der Waals surface area contributed by atoms with Gasteiger partial charge in [-0.25, -0.2) is 0 Å². The minimum atomic E-state index is -1.10. The van der Waals surface area contributed by atoms with Crippen LogP contribution in [0.2, 0.25) is 0 Å². The molecule has 0 aromatic carbocycles. The van der Waals surface area contributed by atoms with E-state index >= 15 is 0 Å². The van der Waals surface area contributed by atoms with Gasteiger partial charge >= 0.3 is 0 Å². The zero-order valence-electron chi connectivity index (χ0n) is 9.33. The molecule has 0 saturated carbocycles. The summed E-state index contributed by atoms with van der Waals surface area (Å²) < 4.78 is -2.20. The van der Waals surface area contributed by atoms with Crippen LogP contribution in [-0.2, 0) is 0 Å². The van der Waals surface area contributed by atoms with Gasteiger partial charge in [-0.2, -0.15) is 11.8 Å². The van der Waals surface area contributed by atoms with E-state index in [9.17, 15) is 0 Å². The number of thioether (sulfide) groups is 1. The van der Waals surface area contributed by atoms with E-state index in [0.717, 1.165) is 37.2 Å². The van der Waals surface area contributed by atoms with E-state index < -0.39 is 7.59 Å². The van der Waals surface area contributed by atoms with Crippen molar-refractivity contribution >= 4 is 81.4 Å². The van der Waals surface area contributed by atoms with Crippen LogP contribution in [0.3, 0.4) is 0 Å². The van der Waals surface area contributed by atoms with Crippen molar-refractivity contribution in [1.82, 2.24) is 0 Å². The van der Waals surface area contributed by atoms with Crippen LogP contribution in [0.4, 0.5) is 0 Å². The van der Waals surface area contributed by atoms with Crippen LogP contribution in [0.15, 0.2) is 0 Å². The van der Waals surface area contributed by atoms with Gasteiger partial charge < -0.3 is 0 Å². The maximum Gasteiger partial charge on any atom is 0.190 e. The van der Waals surface area contributed by atoms with Gasteiger partial charge in [-0.1, -0.05) is 69.6 Å². The van der Waals surface area contributed by atoms with E-state index in [1.165, 1.54) is 0 Å². The van der Waals surface area contributed by atoms with E-state index in [4.69, 9.17) is 69.6 Å². The lowest BCUT2D eigenvalue weighted by atomic mass is 10.3. The molecule has 0 aromatic heterocycles. The summed E-state index contributed by atoms with van der Waals surface area (Å²) in [6.07, 6.45) is 5.26. The van der Waals surface area contributed by atoms with E-state index in [2.05, 4.69) is 0 Å². The highest BCUT2D eigenvalue weighted by atomic mass is 35.6. The molecule has 0 radical (unpaired) electrons. The Balaban J connectivity index is 3.15. The third kappa shape index (κ3) is 18.1. The SMILES string of the molecule is ClC(Cl)(Cl)CCCCSCCCCC(Cl)(Cl)Cl. The Morgan fingerprint density at radius 1 is 0.588 bits per heavy atom. The quantitative estimate of drug-likeness (QED) is 0.329. The summed E-state index contributed by atoms with van der Waals surface area (Å²) >= 11 is 35.8. The number of halogens is 6. The van der Waals surface area contributed by atoms with Crippen molar-refractivity contribution in [2.24, 2.45) is 0 Å². The fraction of sp³-hybridized carbons (Fsp3) is 1.00. The zero-order valence-corrected chi connectivity index (χ0v) is 14.7.